The van der Waals surface area contributed by atoms with E-state index in [1.165, 1.54) is 18.7 Å². The van der Waals surface area contributed by atoms with Gasteiger partial charge in [0.05, 0.1) is 5.56 Å². The van der Waals surface area contributed by atoms with Crippen molar-refractivity contribution in [3.63, 3.8) is 0 Å². The fraction of sp³-hybridized carbons (Fsp3) is 0.550. The molecule has 1 saturated carbocycles. The Kier molecular flexibility index (Phi) is 4.20. The fourth-order valence-corrected chi connectivity index (χ4v) is 3.98. The standard InChI is InChI=1S/C20H25N5/c1-14-10-15(2)23-20(18(14)11-21)24-8-3-4-17(13-24)19-22-7-9-25(19)12-16-5-6-16/h7,9-10,16-17H,3-6,8,12-13H2,1-2H3/t17-/m1/s1. The predicted octanol–water partition coefficient (Wildman–Crippen LogP) is 3.56. The molecule has 0 amide bonds. The summed E-state index contributed by atoms with van der Waals surface area (Å²) < 4.78 is 2.35. The zero-order valence-electron chi connectivity index (χ0n) is 15.1. The molecule has 5 heteroatoms. The molecule has 25 heavy (non-hydrogen) atoms. The lowest BCUT2D eigenvalue weighted by Gasteiger charge is -2.34. The van der Waals surface area contributed by atoms with Gasteiger partial charge in [0.2, 0.25) is 0 Å². The molecule has 4 rings (SSSR count). The largest absolute Gasteiger partial charge is 0.355 e. The summed E-state index contributed by atoms with van der Waals surface area (Å²) in [5.74, 6) is 3.32. The van der Waals surface area contributed by atoms with Crippen molar-refractivity contribution in [3.05, 3.63) is 41.1 Å². The van der Waals surface area contributed by atoms with Gasteiger partial charge in [-0.2, -0.15) is 5.26 Å². The topological polar surface area (TPSA) is 57.7 Å². The van der Waals surface area contributed by atoms with Crippen LogP contribution in [-0.4, -0.2) is 27.6 Å². The van der Waals surface area contributed by atoms with E-state index in [9.17, 15) is 5.26 Å². The predicted molar refractivity (Wildman–Crippen MR) is 97.6 cm³/mol. The summed E-state index contributed by atoms with van der Waals surface area (Å²) in [6.07, 6.45) is 9.04. The van der Waals surface area contributed by atoms with Crippen LogP contribution in [0.3, 0.4) is 0 Å². The monoisotopic (exact) mass is 335 g/mol. The first-order valence-corrected chi connectivity index (χ1v) is 9.30. The minimum atomic E-state index is 0.414. The highest BCUT2D eigenvalue weighted by Crippen LogP contribution is 2.34. The number of hydrogen-bond acceptors (Lipinski definition) is 4. The van der Waals surface area contributed by atoms with Crippen molar-refractivity contribution in [1.29, 1.82) is 5.26 Å². The summed E-state index contributed by atoms with van der Waals surface area (Å²) in [5, 5.41) is 9.59. The van der Waals surface area contributed by atoms with E-state index >= 15 is 0 Å². The van der Waals surface area contributed by atoms with Crippen LogP contribution in [0.1, 0.15) is 54.2 Å². The molecule has 0 radical (unpaired) electrons. The summed E-state index contributed by atoms with van der Waals surface area (Å²) in [7, 11) is 0. The molecule has 0 unspecified atom stereocenters. The SMILES string of the molecule is Cc1cc(C)c(C#N)c(N2CCC[C@@H](c3nccn3CC3CC3)C2)n1. The highest BCUT2D eigenvalue weighted by Gasteiger charge is 2.29. The van der Waals surface area contributed by atoms with Gasteiger partial charge in [-0.1, -0.05) is 0 Å². The highest BCUT2D eigenvalue weighted by molar-refractivity contribution is 5.58. The van der Waals surface area contributed by atoms with Crippen LogP contribution in [0.5, 0.6) is 0 Å². The normalized spacial score (nSPS) is 20.5. The van der Waals surface area contributed by atoms with Crippen LogP contribution < -0.4 is 4.90 Å². The van der Waals surface area contributed by atoms with Crippen molar-refractivity contribution in [2.75, 3.05) is 18.0 Å². The Morgan fingerprint density at radius 2 is 2.12 bits per heavy atom. The molecule has 3 heterocycles. The highest BCUT2D eigenvalue weighted by atomic mass is 15.2. The molecule has 0 spiro atoms. The first-order valence-electron chi connectivity index (χ1n) is 9.30. The number of nitriles is 1. The molecule has 0 bridgehead atoms. The zero-order chi connectivity index (χ0) is 17.4. The number of hydrogen-bond donors (Lipinski definition) is 0. The first kappa shape index (κ1) is 16.1. The van der Waals surface area contributed by atoms with Crippen LogP contribution in [0, 0.1) is 31.1 Å². The van der Waals surface area contributed by atoms with Gasteiger partial charge in [-0.3, -0.25) is 0 Å². The lowest BCUT2D eigenvalue weighted by Crippen LogP contribution is -2.36. The van der Waals surface area contributed by atoms with Crippen molar-refractivity contribution in [2.24, 2.45) is 5.92 Å². The number of nitrogens with zero attached hydrogens (tertiary/aromatic N) is 5. The molecule has 5 nitrogen and oxygen atoms in total. The smallest absolute Gasteiger partial charge is 0.147 e. The molecular formula is C20H25N5. The Morgan fingerprint density at radius 1 is 1.28 bits per heavy atom. The van der Waals surface area contributed by atoms with Gasteiger partial charge in [-0.15, -0.1) is 0 Å². The molecule has 0 aromatic carbocycles. The maximum atomic E-state index is 9.59. The van der Waals surface area contributed by atoms with Crippen LogP contribution in [0.2, 0.25) is 0 Å². The Morgan fingerprint density at radius 3 is 2.88 bits per heavy atom. The van der Waals surface area contributed by atoms with Crippen LogP contribution >= 0.6 is 0 Å². The van der Waals surface area contributed by atoms with E-state index in [1.807, 2.05) is 26.1 Å². The Bertz CT molecular complexity index is 812. The molecular weight excluding hydrogens is 310 g/mol. The number of aryl methyl sites for hydroxylation is 2. The van der Waals surface area contributed by atoms with E-state index < -0.39 is 0 Å². The molecule has 0 N–H and O–H groups in total. The van der Waals surface area contributed by atoms with Gasteiger partial charge in [-0.05, 0) is 57.1 Å². The Labute approximate surface area is 149 Å². The number of rotatable bonds is 4. The van der Waals surface area contributed by atoms with E-state index in [2.05, 4.69) is 26.7 Å². The molecule has 130 valence electrons. The molecule has 2 fully saturated rings. The molecule has 1 aliphatic heterocycles. The molecule has 1 saturated heterocycles. The average molecular weight is 335 g/mol. The molecule has 1 aliphatic carbocycles. The van der Waals surface area contributed by atoms with Crippen molar-refractivity contribution < 1.29 is 0 Å². The second-order valence-electron chi connectivity index (χ2n) is 7.56. The molecule has 2 aromatic heterocycles. The second-order valence-corrected chi connectivity index (χ2v) is 7.56. The van der Waals surface area contributed by atoms with Gasteiger partial charge in [0.25, 0.3) is 0 Å². The van der Waals surface area contributed by atoms with E-state index in [0.29, 0.717) is 11.5 Å². The van der Waals surface area contributed by atoms with E-state index in [4.69, 9.17) is 4.98 Å². The lowest BCUT2D eigenvalue weighted by atomic mass is 9.96. The van der Waals surface area contributed by atoms with Crippen LogP contribution in [0.4, 0.5) is 5.82 Å². The van der Waals surface area contributed by atoms with Crippen LogP contribution in [0.15, 0.2) is 18.5 Å². The zero-order valence-corrected chi connectivity index (χ0v) is 15.1. The molecule has 1 atom stereocenters. The maximum absolute atomic E-state index is 9.59. The summed E-state index contributed by atoms with van der Waals surface area (Å²) in [5.41, 5.74) is 2.71. The van der Waals surface area contributed by atoms with Gasteiger partial charge in [0.1, 0.15) is 17.7 Å². The fourth-order valence-electron chi connectivity index (χ4n) is 3.98. The average Bonchev–Trinajstić information content (AvgIpc) is 3.29. The van der Waals surface area contributed by atoms with Gasteiger partial charge in [0, 0.05) is 43.6 Å². The minimum Gasteiger partial charge on any atom is -0.355 e. The van der Waals surface area contributed by atoms with Crippen molar-refractivity contribution in [2.45, 2.75) is 52.0 Å². The number of anilines is 1. The first-order chi connectivity index (χ1) is 12.2. The second kappa shape index (κ2) is 6.51. The number of pyridine rings is 1. The Balaban J connectivity index is 1.60. The lowest BCUT2D eigenvalue weighted by molar-refractivity contribution is 0.461. The molecule has 2 aliphatic rings. The minimum absolute atomic E-state index is 0.414. The number of aromatic nitrogens is 3. The van der Waals surface area contributed by atoms with Crippen molar-refractivity contribution in [1.82, 2.24) is 14.5 Å². The Hall–Kier alpha value is -2.35. The van der Waals surface area contributed by atoms with Gasteiger partial charge >= 0.3 is 0 Å². The van der Waals surface area contributed by atoms with E-state index in [0.717, 1.165) is 55.5 Å². The quantitative estimate of drug-likeness (QED) is 0.857. The third kappa shape index (κ3) is 3.26. The van der Waals surface area contributed by atoms with Gasteiger partial charge in [-0.25, -0.2) is 9.97 Å². The van der Waals surface area contributed by atoms with E-state index in [1.54, 1.807) is 0 Å². The van der Waals surface area contributed by atoms with Crippen LogP contribution in [-0.2, 0) is 6.54 Å². The maximum Gasteiger partial charge on any atom is 0.147 e. The van der Waals surface area contributed by atoms with E-state index in [-0.39, 0.29) is 0 Å². The van der Waals surface area contributed by atoms with Gasteiger partial charge < -0.3 is 9.47 Å². The third-order valence-electron chi connectivity index (χ3n) is 5.42. The van der Waals surface area contributed by atoms with Crippen molar-refractivity contribution in [3.8, 4) is 6.07 Å². The van der Waals surface area contributed by atoms with Crippen molar-refractivity contribution >= 4 is 5.82 Å². The van der Waals surface area contributed by atoms with Gasteiger partial charge in [0.15, 0.2) is 0 Å². The number of piperidine rings is 1. The van der Waals surface area contributed by atoms with Crippen LogP contribution in [0.25, 0.3) is 0 Å². The summed E-state index contributed by atoms with van der Waals surface area (Å²) >= 11 is 0. The summed E-state index contributed by atoms with van der Waals surface area (Å²) in [4.78, 5) is 11.7. The summed E-state index contributed by atoms with van der Waals surface area (Å²) in [6.45, 7) is 6.97. The molecule has 2 aromatic rings. The summed E-state index contributed by atoms with van der Waals surface area (Å²) in [6, 6.07) is 4.35. The third-order valence-corrected chi connectivity index (χ3v) is 5.42. The number of imidazole rings is 1.